The maximum Gasteiger partial charge on any atom is 0.266 e. The Bertz CT molecular complexity index is 1170. The Kier molecular flexibility index (Phi) is 7.47. The highest BCUT2D eigenvalue weighted by Gasteiger charge is 2.31. The summed E-state index contributed by atoms with van der Waals surface area (Å²) >= 11 is 6.80. The first-order valence-electron chi connectivity index (χ1n) is 10.7. The molecule has 0 spiro atoms. The largest absolute Gasteiger partial charge is 0.493 e. The second-order valence-corrected chi connectivity index (χ2v) is 9.43. The molecule has 0 bridgehead atoms. The van der Waals surface area contributed by atoms with Crippen molar-refractivity contribution in [3.63, 3.8) is 0 Å². The fraction of sp³-hybridized carbons (Fsp3) is 0.185. The van der Waals surface area contributed by atoms with Gasteiger partial charge in [-0.25, -0.2) is 0 Å². The van der Waals surface area contributed by atoms with Gasteiger partial charge in [0.25, 0.3) is 5.91 Å². The molecule has 0 radical (unpaired) electrons. The molecule has 1 fully saturated rings. The van der Waals surface area contributed by atoms with E-state index in [1.807, 2.05) is 42.5 Å². The third kappa shape index (κ3) is 5.83. The number of carbonyl (C=O) groups excluding carboxylic acids is 1. The van der Waals surface area contributed by atoms with Gasteiger partial charge in [-0.15, -0.1) is 0 Å². The van der Waals surface area contributed by atoms with E-state index in [0.29, 0.717) is 33.9 Å². The molecule has 1 aliphatic heterocycles. The molecule has 3 aromatic carbocycles. The molecule has 4 nitrogen and oxygen atoms in total. The van der Waals surface area contributed by atoms with Crippen molar-refractivity contribution in [1.29, 1.82) is 0 Å². The molecule has 1 heterocycles. The Balaban J connectivity index is 1.43. The standard InChI is InChI=1S/C27H25NO3S2/c1-19-8-10-21(11-9-19)18-31-23-13-12-22(16-24(23)30-2)17-25-26(29)28(27(32)33-25)15-14-20-6-4-3-5-7-20/h3-13,16-17H,14-15,18H2,1-2H3/b25-17-. The SMILES string of the molecule is COc1cc(/C=C2\SC(=S)N(CCc3ccccc3)C2=O)ccc1OCc1ccc(C)cc1. The summed E-state index contributed by atoms with van der Waals surface area (Å²) in [5, 5.41) is 0. The van der Waals surface area contributed by atoms with Gasteiger partial charge < -0.3 is 9.47 Å². The number of rotatable bonds is 8. The van der Waals surface area contributed by atoms with Gasteiger partial charge in [0.05, 0.1) is 12.0 Å². The molecule has 168 valence electrons. The second-order valence-electron chi connectivity index (χ2n) is 7.75. The Morgan fingerprint density at radius 2 is 1.73 bits per heavy atom. The molecule has 0 atom stereocenters. The van der Waals surface area contributed by atoms with Crippen LogP contribution in [0.1, 0.15) is 22.3 Å². The van der Waals surface area contributed by atoms with E-state index in [2.05, 4.69) is 43.3 Å². The van der Waals surface area contributed by atoms with E-state index in [4.69, 9.17) is 21.7 Å². The number of hydrogen-bond donors (Lipinski definition) is 0. The predicted octanol–water partition coefficient (Wildman–Crippen LogP) is 6.03. The number of thioether (sulfide) groups is 1. The maximum atomic E-state index is 12.9. The number of nitrogens with zero attached hydrogens (tertiary/aromatic N) is 1. The van der Waals surface area contributed by atoms with Crippen LogP contribution in [0.15, 0.2) is 77.7 Å². The van der Waals surface area contributed by atoms with Crippen molar-refractivity contribution in [1.82, 2.24) is 4.90 Å². The van der Waals surface area contributed by atoms with Crippen LogP contribution in [0.5, 0.6) is 11.5 Å². The first-order valence-corrected chi connectivity index (χ1v) is 11.9. The lowest BCUT2D eigenvalue weighted by molar-refractivity contribution is -0.122. The minimum Gasteiger partial charge on any atom is -0.493 e. The molecule has 0 saturated carbocycles. The van der Waals surface area contributed by atoms with Gasteiger partial charge in [-0.3, -0.25) is 9.69 Å². The fourth-order valence-corrected chi connectivity index (χ4v) is 4.78. The Morgan fingerprint density at radius 1 is 0.970 bits per heavy atom. The van der Waals surface area contributed by atoms with Gasteiger partial charge in [0.2, 0.25) is 0 Å². The lowest BCUT2D eigenvalue weighted by Crippen LogP contribution is -2.30. The zero-order valence-corrected chi connectivity index (χ0v) is 20.2. The number of methoxy groups -OCH3 is 1. The molecular weight excluding hydrogens is 450 g/mol. The van der Waals surface area contributed by atoms with Crippen molar-refractivity contribution in [3.8, 4) is 11.5 Å². The molecule has 1 aliphatic rings. The highest BCUT2D eigenvalue weighted by molar-refractivity contribution is 8.26. The van der Waals surface area contributed by atoms with Crippen LogP contribution in [0, 0.1) is 6.92 Å². The monoisotopic (exact) mass is 475 g/mol. The smallest absolute Gasteiger partial charge is 0.266 e. The third-order valence-corrected chi connectivity index (χ3v) is 6.72. The summed E-state index contributed by atoms with van der Waals surface area (Å²) < 4.78 is 12.1. The molecule has 1 amide bonds. The molecule has 0 aliphatic carbocycles. The molecule has 4 rings (SSSR count). The van der Waals surface area contributed by atoms with Gasteiger partial charge in [-0.1, -0.05) is 90.2 Å². The van der Waals surface area contributed by atoms with Crippen LogP contribution in [0.4, 0.5) is 0 Å². The second kappa shape index (κ2) is 10.7. The van der Waals surface area contributed by atoms with Gasteiger partial charge in [-0.05, 0) is 48.2 Å². The predicted molar refractivity (Wildman–Crippen MR) is 139 cm³/mol. The van der Waals surface area contributed by atoms with E-state index in [-0.39, 0.29) is 5.91 Å². The van der Waals surface area contributed by atoms with E-state index in [1.165, 1.54) is 22.9 Å². The van der Waals surface area contributed by atoms with Crippen molar-refractivity contribution in [3.05, 3.63) is 100.0 Å². The van der Waals surface area contributed by atoms with Gasteiger partial charge in [-0.2, -0.15) is 0 Å². The molecule has 0 aromatic heterocycles. The van der Waals surface area contributed by atoms with Crippen molar-refractivity contribution >= 4 is 40.3 Å². The average Bonchev–Trinajstić information content (AvgIpc) is 3.10. The normalized spacial score (nSPS) is 14.7. The van der Waals surface area contributed by atoms with E-state index in [9.17, 15) is 4.79 Å². The van der Waals surface area contributed by atoms with Gasteiger partial charge in [0, 0.05) is 6.54 Å². The van der Waals surface area contributed by atoms with Gasteiger partial charge in [0.15, 0.2) is 11.5 Å². The minimum atomic E-state index is -0.0559. The minimum absolute atomic E-state index is 0.0559. The topological polar surface area (TPSA) is 38.8 Å². The van der Waals surface area contributed by atoms with Crippen LogP contribution in [0.2, 0.25) is 0 Å². The van der Waals surface area contributed by atoms with Crippen LogP contribution in [-0.4, -0.2) is 28.8 Å². The summed E-state index contributed by atoms with van der Waals surface area (Å²) in [4.78, 5) is 15.2. The molecular formula is C27H25NO3S2. The Morgan fingerprint density at radius 3 is 2.45 bits per heavy atom. The summed E-state index contributed by atoms with van der Waals surface area (Å²) in [5.74, 6) is 1.22. The number of hydrogen-bond acceptors (Lipinski definition) is 5. The van der Waals surface area contributed by atoms with Crippen LogP contribution in [0.25, 0.3) is 6.08 Å². The van der Waals surface area contributed by atoms with Gasteiger partial charge in [0.1, 0.15) is 10.9 Å². The van der Waals surface area contributed by atoms with Crippen LogP contribution < -0.4 is 9.47 Å². The van der Waals surface area contributed by atoms with Gasteiger partial charge >= 0.3 is 0 Å². The lowest BCUT2D eigenvalue weighted by atomic mass is 10.1. The Labute approximate surface area is 204 Å². The zero-order valence-electron chi connectivity index (χ0n) is 18.6. The number of carbonyl (C=O) groups is 1. The van der Waals surface area contributed by atoms with Crippen molar-refractivity contribution in [2.24, 2.45) is 0 Å². The summed E-state index contributed by atoms with van der Waals surface area (Å²) in [5.41, 5.74) is 4.34. The number of benzene rings is 3. The van der Waals surface area contributed by atoms with Crippen molar-refractivity contribution in [2.75, 3.05) is 13.7 Å². The van der Waals surface area contributed by atoms with Crippen molar-refractivity contribution < 1.29 is 14.3 Å². The number of ether oxygens (including phenoxy) is 2. The van der Waals surface area contributed by atoms with Crippen molar-refractivity contribution in [2.45, 2.75) is 20.0 Å². The molecule has 1 saturated heterocycles. The van der Waals surface area contributed by atoms with E-state index in [0.717, 1.165) is 17.5 Å². The summed E-state index contributed by atoms with van der Waals surface area (Å²) in [7, 11) is 1.61. The van der Waals surface area contributed by atoms with E-state index < -0.39 is 0 Å². The maximum absolute atomic E-state index is 12.9. The molecule has 33 heavy (non-hydrogen) atoms. The zero-order chi connectivity index (χ0) is 23.2. The van der Waals surface area contributed by atoms with Crippen LogP contribution in [-0.2, 0) is 17.8 Å². The van der Waals surface area contributed by atoms with E-state index in [1.54, 1.807) is 12.0 Å². The van der Waals surface area contributed by atoms with E-state index >= 15 is 0 Å². The fourth-order valence-electron chi connectivity index (χ4n) is 3.47. The quantitative estimate of drug-likeness (QED) is 0.294. The van der Waals surface area contributed by atoms with Crippen LogP contribution >= 0.6 is 24.0 Å². The lowest BCUT2D eigenvalue weighted by Gasteiger charge is -2.14. The number of thiocarbonyl (C=S) groups is 1. The summed E-state index contributed by atoms with van der Waals surface area (Å²) in [6.45, 7) is 3.08. The highest BCUT2D eigenvalue weighted by atomic mass is 32.2. The first-order chi connectivity index (χ1) is 16.0. The first kappa shape index (κ1) is 23.1. The summed E-state index contributed by atoms with van der Waals surface area (Å²) in [6.07, 6.45) is 2.62. The Hall–Kier alpha value is -3.09. The summed E-state index contributed by atoms with van der Waals surface area (Å²) in [6, 6.07) is 24.0. The number of amides is 1. The molecule has 0 N–H and O–H groups in total. The van der Waals surface area contributed by atoms with Crippen LogP contribution in [0.3, 0.4) is 0 Å². The molecule has 0 unspecified atom stereocenters. The number of aryl methyl sites for hydroxylation is 1. The molecule has 6 heteroatoms. The average molecular weight is 476 g/mol. The third-order valence-electron chi connectivity index (χ3n) is 5.34. The molecule has 3 aromatic rings. The highest BCUT2D eigenvalue weighted by Crippen LogP contribution is 2.35.